The highest BCUT2D eigenvalue weighted by atomic mass is 35.5. The molecule has 0 unspecified atom stereocenters. The van der Waals surface area contributed by atoms with Gasteiger partial charge in [-0.15, -0.1) is 11.3 Å². The maximum Gasteiger partial charge on any atom is 0.269 e. The minimum atomic E-state index is -0.328. The quantitative estimate of drug-likeness (QED) is 0.520. The molecule has 0 atom stereocenters. The Balaban J connectivity index is 1.66. The number of rotatable bonds is 5. The predicted octanol–water partition coefficient (Wildman–Crippen LogP) is 5.72. The van der Waals surface area contributed by atoms with Gasteiger partial charge in [0.1, 0.15) is 10.6 Å². The number of carbonyl (C=O) groups is 1. The topological polar surface area (TPSA) is 50.4 Å². The number of hydrogen-bond donors (Lipinski definition) is 2. The number of thiophene rings is 1. The van der Waals surface area contributed by atoms with Crippen molar-refractivity contribution in [3.05, 3.63) is 58.4 Å². The van der Waals surface area contributed by atoms with Crippen molar-refractivity contribution in [2.24, 2.45) is 5.92 Å². The smallest absolute Gasteiger partial charge is 0.269 e. The zero-order valence-corrected chi connectivity index (χ0v) is 17.3. The lowest BCUT2D eigenvalue weighted by Gasteiger charge is -2.12. The molecule has 3 rings (SSSR count). The second kappa shape index (κ2) is 8.69. The molecule has 7 heteroatoms. The van der Waals surface area contributed by atoms with Crippen LogP contribution >= 0.6 is 35.2 Å². The highest BCUT2D eigenvalue weighted by molar-refractivity contribution is 7.80. The highest BCUT2D eigenvalue weighted by Gasteiger charge is 2.17. The van der Waals surface area contributed by atoms with Crippen molar-refractivity contribution in [3.63, 3.8) is 0 Å². The largest absolute Gasteiger partial charge is 0.493 e. The van der Waals surface area contributed by atoms with E-state index in [4.69, 9.17) is 28.6 Å². The van der Waals surface area contributed by atoms with Crippen molar-refractivity contribution in [3.8, 4) is 5.75 Å². The summed E-state index contributed by atoms with van der Waals surface area (Å²) >= 11 is 13.0. The molecule has 0 aliphatic carbocycles. The molecule has 140 valence electrons. The molecule has 2 N–H and O–H groups in total. The van der Waals surface area contributed by atoms with Crippen LogP contribution in [0.2, 0.25) is 5.02 Å². The third-order valence-electron chi connectivity index (χ3n) is 3.64. The Morgan fingerprint density at radius 1 is 1.22 bits per heavy atom. The summed E-state index contributed by atoms with van der Waals surface area (Å²) in [5.74, 6) is 0.856. The van der Waals surface area contributed by atoms with Crippen molar-refractivity contribution in [2.75, 3.05) is 11.9 Å². The van der Waals surface area contributed by atoms with Crippen LogP contribution in [0.1, 0.15) is 23.5 Å². The predicted molar refractivity (Wildman–Crippen MR) is 117 cm³/mol. The van der Waals surface area contributed by atoms with Crippen molar-refractivity contribution in [1.29, 1.82) is 0 Å². The van der Waals surface area contributed by atoms with E-state index in [1.165, 1.54) is 11.3 Å². The van der Waals surface area contributed by atoms with E-state index >= 15 is 0 Å². The highest BCUT2D eigenvalue weighted by Crippen LogP contribution is 2.35. The lowest BCUT2D eigenvalue weighted by molar-refractivity contribution is 0.0982. The number of thiocarbonyl (C=S) groups is 1. The van der Waals surface area contributed by atoms with Gasteiger partial charge in [-0.05, 0) is 36.3 Å². The van der Waals surface area contributed by atoms with Crippen LogP contribution in [0.3, 0.4) is 0 Å². The van der Waals surface area contributed by atoms with E-state index in [2.05, 4.69) is 24.5 Å². The molecule has 0 aliphatic heterocycles. The van der Waals surface area contributed by atoms with Gasteiger partial charge in [-0.25, -0.2) is 0 Å². The number of nitrogens with one attached hydrogen (secondary N) is 2. The Kier molecular flexibility index (Phi) is 6.31. The summed E-state index contributed by atoms with van der Waals surface area (Å²) in [6.07, 6.45) is 0. The van der Waals surface area contributed by atoms with E-state index in [-0.39, 0.29) is 11.0 Å². The van der Waals surface area contributed by atoms with Crippen LogP contribution in [0.25, 0.3) is 10.1 Å². The molecule has 0 bridgehead atoms. The van der Waals surface area contributed by atoms with Gasteiger partial charge in [0.25, 0.3) is 5.91 Å². The fourth-order valence-electron chi connectivity index (χ4n) is 2.41. The molecule has 3 aromatic rings. The van der Waals surface area contributed by atoms with E-state index in [9.17, 15) is 4.79 Å². The second-order valence-electron chi connectivity index (χ2n) is 6.38. The molecule has 1 amide bonds. The Morgan fingerprint density at radius 3 is 2.74 bits per heavy atom. The van der Waals surface area contributed by atoms with Crippen molar-refractivity contribution in [2.45, 2.75) is 13.8 Å². The van der Waals surface area contributed by atoms with E-state index < -0.39 is 0 Å². The summed E-state index contributed by atoms with van der Waals surface area (Å²) in [5.41, 5.74) is 0.740. The van der Waals surface area contributed by atoms with Crippen LogP contribution in [0, 0.1) is 5.92 Å². The average molecular weight is 419 g/mol. The fraction of sp³-hybridized carbons (Fsp3) is 0.200. The Hall–Kier alpha value is -2.15. The molecular formula is C20H19ClN2O2S2. The molecule has 4 nitrogen and oxygen atoms in total. The van der Waals surface area contributed by atoms with Gasteiger partial charge in [-0.1, -0.05) is 49.7 Å². The van der Waals surface area contributed by atoms with Gasteiger partial charge in [-0.2, -0.15) is 0 Å². The number of amides is 1. The fourth-order valence-corrected chi connectivity index (χ4v) is 4.03. The molecule has 0 radical (unpaired) electrons. The molecule has 1 heterocycles. The average Bonchev–Trinajstić information content (AvgIpc) is 2.97. The monoisotopic (exact) mass is 418 g/mol. The van der Waals surface area contributed by atoms with Gasteiger partial charge in [-0.3, -0.25) is 10.1 Å². The number of anilines is 1. The third-order valence-corrected chi connectivity index (χ3v) is 5.52. The van der Waals surface area contributed by atoms with Crippen molar-refractivity contribution < 1.29 is 9.53 Å². The molecule has 0 aliphatic rings. The Morgan fingerprint density at radius 2 is 2.00 bits per heavy atom. The zero-order chi connectivity index (χ0) is 19.4. The normalized spacial score (nSPS) is 10.8. The van der Waals surface area contributed by atoms with Crippen molar-refractivity contribution in [1.82, 2.24) is 5.32 Å². The summed E-state index contributed by atoms with van der Waals surface area (Å²) in [6.45, 7) is 4.81. The Bertz CT molecular complexity index is 985. The molecule has 1 aromatic heterocycles. The lowest BCUT2D eigenvalue weighted by atomic mass is 10.2. The van der Waals surface area contributed by atoms with E-state index in [0.717, 1.165) is 21.5 Å². The number of halogens is 1. The van der Waals surface area contributed by atoms with Gasteiger partial charge >= 0.3 is 0 Å². The summed E-state index contributed by atoms with van der Waals surface area (Å²) in [5, 5.41) is 7.20. The van der Waals surface area contributed by atoms with Gasteiger partial charge in [0, 0.05) is 21.8 Å². The van der Waals surface area contributed by atoms with Crippen LogP contribution in [-0.2, 0) is 0 Å². The maximum absolute atomic E-state index is 12.5. The van der Waals surface area contributed by atoms with Crippen LogP contribution in [0.15, 0.2) is 48.5 Å². The maximum atomic E-state index is 12.5. The van der Waals surface area contributed by atoms with Crippen LogP contribution < -0.4 is 15.4 Å². The van der Waals surface area contributed by atoms with Crippen LogP contribution in [-0.4, -0.2) is 17.6 Å². The first-order chi connectivity index (χ1) is 12.9. The first-order valence-corrected chi connectivity index (χ1v) is 10.1. The first kappa shape index (κ1) is 19.6. The number of carbonyl (C=O) groups excluding carboxylic acids is 1. The van der Waals surface area contributed by atoms with Gasteiger partial charge in [0.2, 0.25) is 0 Å². The summed E-state index contributed by atoms with van der Waals surface area (Å²) in [7, 11) is 0. The number of hydrogen-bond acceptors (Lipinski definition) is 4. The lowest BCUT2D eigenvalue weighted by Crippen LogP contribution is -2.33. The van der Waals surface area contributed by atoms with E-state index in [1.807, 2.05) is 48.5 Å². The molecule has 27 heavy (non-hydrogen) atoms. The summed E-state index contributed by atoms with van der Waals surface area (Å²) < 4.78 is 6.66. The summed E-state index contributed by atoms with van der Waals surface area (Å²) in [4.78, 5) is 13.0. The number of benzene rings is 2. The van der Waals surface area contributed by atoms with Gasteiger partial charge < -0.3 is 10.1 Å². The first-order valence-electron chi connectivity index (χ1n) is 8.46. The third kappa shape index (κ3) is 4.97. The molecular weight excluding hydrogens is 400 g/mol. The van der Waals surface area contributed by atoms with Crippen LogP contribution in [0.4, 0.5) is 5.69 Å². The summed E-state index contributed by atoms with van der Waals surface area (Å²) in [6, 6.07) is 15.1. The number of fused-ring (bicyclic) bond motifs is 1. The molecule has 2 aromatic carbocycles. The van der Waals surface area contributed by atoms with Gasteiger partial charge in [0.15, 0.2) is 5.11 Å². The van der Waals surface area contributed by atoms with Crippen molar-refractivity contribution >= 4 is 61.9 Å². The van der Waals surface area contributed by atoms with Crippen LogP contribution in [0.5, 0.6) is 5.75 Å². The minimum Gasteiger partial charge on any atom is -0.493 e. The second-order valence-corrected chi connectivity index (χ2v) is 8.22. The standard InChI is InChI=1S/C20H19ClN2O2S2/c1-12(2)11-25-14-7-5-6-13(10-14)22-20(26)23-19(24)18-17(21)15-8-3-4-9-16(15)27-18/h3-10,12H,11H2,1-2H3,(H2,22,23,24,26). The SMILES string of the molecule is CC(C)COc1cccc(NC(=S)NC(=O)c2sc3ccccc3c2Cl)c1. The molecule has 0 saturated carbocycles. The molecule has 0 fully saturated rings. The Labute approximate surface area is 172 Å². The molecule has 0 spiro atoms. The minimum absolute atomic E-state index is 0.203. The van der Waals surface area contributed by atoms with E-state index in [1.54, 1.807) is 0 Å². The van der Waals surface area contributed by atoms with E-state index in [0.29, 0.717) is 22.4 Å². The van der Waals surface area contributed by atoms with Gasteiger partial charge in [0.05, 0.1) is 11.6 Å². The zero-order valence-electron chi connectivity index (χ0n) is 14.9. The number of ether oxygens (including phenoxy) is 1. The molecule has 0 saturated heterocycles.